The van der Waals surface area contributed by atoms with E-state index in [9.17, 15) is 0 Å². The molecule has 0 aliphatic heterocycles. The van der Waals surface area contributed by atoms with Crippen LogP contribution in [0.3, 0.4) is 0 Å². The molecule has 2 heterocycles. The van der Waals surface area contributed by atoms with Crippen molar-refractivity contribution in [2.75, 3.05) is 34.2 Å². The molecule has 0 radical (unpaired) electrons. The zero-order chi connectivity index (χ0) is 22.8. The number of methoxy groups -OCH3 is 4. The molecule has 0 saturated heterocycles. The third-order valence-corrected chi connectivity index (χ3v) is 5.65. The Balaban J connectivity index is 2.01. The zero-order valence-electron chi connectivity index (χ0n) is 18.0. The first kappa shape index (κ1) is 21.6. The molecule has 0 spiro atoms. The van der Waals surface area contributed by atoms with Gasteiger partial charge in [-0.1, -0.05) is 0 Å². The fourth-order valence-corrected chi connectivity index (χ4v) is 4.14. The monoisotopic (exact) mass is 496 g/mol. The third kappa shape index (κ3) is 3.75. The Morgan fingerprint density at radius 3 is 2.19 bits per heavy atom. The highest BCUT2D eigenvalue weighted by molar-refractivity contribution is 9.10. The van der Waals surface area contributed by atoms with Gasteiger partial charge in [0.2, 0.25) is 0 Å². The number of anilines is 1. The van der Waals surface area contributed by atoms with E-state index >= 15 is 0 Å². The summed E-state index contributed by atoms with van der Waals surface area (Å²) in [6.07, 6.45) is 1.40. The molecule has 0 aliphatic rings. The molecule has 4 aromatic rings. The number of benzene rings is 2. The van der Waals surface area contributed by atoms with Crippen LogP contribution in [-0.4, -0.2) is 43.4 Å². The lowest BCUT2D eigenvalue weighted by molar-refractivity contribution is 0.353. The van der Waals surface area contributed by atoms with Gasteiger partial charge in [0.1, 0.15) is 12.1 Å². The van der Waals surface area contributed by atoms with Gasteiger partial charge in [0.25, 0.3) is 0 Å². The molecule has 9 heteroatoms. The summed E-state index contributed by atoms with van der Waals surface area (Å²) in [5.41, 5.74) is 9.88. The number of ether oxygens (including phenoxy) is 4. The van der Waals surface area contributed by atoms with E-state index in [2.05, 4.69) is 25.9 Å². The van der Waals surface area contributed by atoms with Gasteiger partial charge < -0.3 is 24.7 Å². The van der Waals surface area contributed by atoms with Gasteiger partial charge in [0.15, 0.2) is 28.6 Å². The number of hydrogen-bond donors (Lipinski definition) is 1. The quantitative estimate of drug-likeness (QED) is 0.408. The number of aromatic nitrogens is 3. The Kier molecular flexibility index (Phi) is 6.00. The first-order valence-corrected chi connectivity index (χ1v) is 10.4. The summed E-state index contributed by atoms with van der Waals surface area (Å²) in [6.45, 7) is 0. The molecule has 0 fully saturated rings. The lowest BCUT2D eigenvalue weighted by Crippen LogP contribution is -2.00. The molecular formula is C23H21BrN4O4. The first-order chi connectivity index (χ1) is 15.5. The number of pyridine rings is 1. The van der Waals surface area contributed by atoms with E-state index < -0.39 is 0 Å². The molecule has 0 amide bonds. The SMILES string of the molecule is COc1ccc(-c2cc(-c3cc(Br)c(OC)c(OC)c3)c3c(N)ncnc3n2)cc1OC. The van der Waals surface area contributed by atoms with Crippen molar-refractivity contribution in [1.29, 1.82) is 0 Å². The van der Waals surface area contributed by atoms with E-state index in [0.717, 1.165) is 21.2 Å². The topological polar surface area (TPSA) is 102 Å². The van der Waals surface area contributed by atoms with Crippen molar-refractivity contribution in [2.24, 2.45) is 0 Å². The van der Waals surface area contributed by atoms with Crippen LogP contribution in [0.5, 0.6) is 23.0 Å². The normalized spacial score (nSPS) is 10.8. The summed E-state index contributed by atoms with van der Waals surface area (Å²) in [4.78, 5) is 13.3. The average Bonchev–Trinajstić information content (AvgIpc) is 2.82. The molecular weight excluding hydrogens is 476 g/mol. The van der Waals surface area contributed by atoms with Crippen LogP contribution in [-0.2, 0) is 0 Å². The molecule has 2 N–H and O–H groups in total. The van der Waals surface area contributed by atoms with E-state index in [1.807, 2.05) is 36.4 Å². The maximum Gasteiger partial charge on any atom is 0.174 e. The van der Waals surface area contributed by atoms with Crippen molar-refractivity contribution >= 4 is 32.8 Å². The molecule has 2 aromatic heterocycles. The van der Waals surface area contributed by atoms with Gasteiger partial charge in [-0.3, -0.25) is 0 Å². The van der Waals surface area contributed by atoms with Gasteiger partial charge in [-0.25, -0.2) is 15.0 Å². The minimum Gasteiger partial charge on any atom is -0.493 e. The minimum absolute atomic E-state index is 0.335. The van der Waals surface area contributed by atoms with Crippen LogP contribution in [0.1, 0.15) is 0 Å². The Morgan fingerprint density at radius 1 is 0.781 bits per heavy atom. The van der Waals surface area contributed by atoms with E-state index in [4.69, 9.17) is 29.7 Å². The Morgan fingerprint density at radius 2 is 1.50 bits per heavy atom. The van der Waals surface area contributed by atoms with E-state index in [1.165, 1.54) is 6.33 Å². The van der Waals surface area contributed by atoms with Crippen LogP contribution in [0.15, 0.2) is 47.2 Å². The molecule has 32 heavy (non-hydrogen) atoms. The molecule has 2 aromatic carbocycles. The number of nitrogens with zero attached hydrogens (tertiary/aromatic N) is 3. The zero-order valence-corrected chi connectivity index (χ0v) is 19.6. The number of hydrogen-bond acceptors (Lipinski definition) is 8. The van der Waals surface area contributed by atoms with Gasteiger partial charge in [0.05, 0.1) is 44.0 Å². The van der Waals surface area contributed by atoms with E-state index in [-0.39, 0.29) is 0 Å². The van der Waals surface area contributed by atoms with Crippen molar-refractivity contribution < 1.29 is 18.9 Å². The highest BCUT2D eigenvalue weighted by Crippen LogP contribution is 2.42. The summed E-state index contributed by atoms with van der Waals surface area (Å²) in [5.74, 6) is 2.74. The minimum atomic E-state index is 0.335. The van der Waals surface area contributed by atoms with Crippen LogP contribution >= 0.6 is 15.9 Å². The summed E-state index contributed by atoms with van der Waals surface area (Å²) in [6, 6.07) is 11.4. The number of fused-ring (bicyclic) bond motifs is 1. The van der Waals surface area contributed by atoms with Crippen LogP contribution in [0.4, 0.5) is 5.82 Å². The first-order valence-electron chi connectivity index (χ1n) is 9.56. The fourth-order valence-electron chi connectivity index (χ4n) is 3.53. The van der Waals surface area contributed by atoms with Crippen LogP contribution in [0.25, 0.3) is 33.4 Å². The Hall–Kier alpha value is -3.59. The Labute approximate surface area is 193 Å². The molecule has 0 saturated carbocycles. The van der Waals surface area contributed by atoms with Crippen molar-refractivity contribution in [2.45, 2.75) is 0 Å². The number of nitrogens with two attached hydrogens (primary N) is 1. The van der Waals surface area contributed by atoms with Gasteiger partial charge in [-0.2, -0.15) is 0 Å². The molecule has 8 nitrogen and oxygen atoms in total. The molecule has 0 aliphatic carbocycles. The standard InChI is InChI=1S/C23H21BrN4O4/c1-29-17-6-5-12(8-18(17)30-2)16-10-14(20-22(25)26-11-27-23(20)28-16)13-7-15(24)21(32-4)19(9-13)31-3/h5-11H,1-4H3,(H2,25,26,27,28). The summed E-state index contributed by atoms with van der Waals surface area (Å²) in [7, 11) is 6.37. The highest BCUT2D eigenvalue weighted by atomic mass is 79.9. The molecule has 0 bridgehead atoms. The number of halogens is 1. The summed E-state index contributed by atoms with van der Waals surface area (Å²) < 4.78 is 22.5. The maximum absolute atomic E-state index is 6.24. The molecule has 0 unspecified atom stereocenters. The second-order valence-electron chi connectivity index (χ2n) is 6.78. The number of nitrogen functional groups attached to an aromatic ring is 1. The van der Waals surface area contributed by atoms with Crippen molar-refractivity contribution in [3.05, 3.63) is 47.2 Å². The summed E-state index contributed by atoms with van der Waals surface area (Å²) in [5, 5.41) is 0.649. The second kappa shape index (κ2) is 8.88. The van der Waals surface area contributed by atoms with Crippen molar-refractivity contribution in [3.63, 3.8) is 0 Å². The van der Waals surface area contributed by atoms with Crippen LogP contribution in [0.2, 0.25) is 0 Å². The van der Waals surface area contributed by atoms with Gasteiger partial charge >= 0.3 is 0 Å². The average molecular weight is 497 g/mol. The smallest absolute Gasteiger partial charge is 0.174 e. The molecule has 0 atom stereocenters. The summed E-state index contributed by atoms with van der Waals surface area (Å²) >= 11 is 3.56. The highest BCUT2D eigenvalue weighted by Gasteiger charge is 2.18. The second-order valence-corrected chi connectivity index (χ2v) is 7.63. The Bertz CT molecular complexity index is 1310. The van der Waals surface area contributed by atoms with Crippen LogP contribution < -0.4 is 24.7 Å². The van der Waals surface area contributed by atoms with Crippen molar-refractivity contribution in [3.8, 4) is 45.4 Å². The fraction of sp³-hybridized carbons (Fsp3) is 0.174. The van der Waals surface area contributed by atoms with Gasteiger partial charge in [0, 0.05) is 5.56 Å². The molecule has 164 valence electrons. The van der Waals surface area contributed by atoms with Gasteiger partial charge in [-0.05, 0) is 63.5 Å². The lowest BCUT2D eigenvalue weighted by atomic mass is 9.99. The van der Waals surface area contributed by atoms with Crippen LogP contribution in [0, 0.1) is 0 Å². The van der Waals surface area contributed by atoms with Gasteiger partial charge in [-0.15, -0.1) is 0 Å². The van der Waals surface area contributed by atoms with E-state index in [0.29, 0.717) is 45.5 Å². The van der Waals surface area contributed by atoms with Crippen molar-refractivity contribution in [1.82, 2.24) is 15.0 Å². The predicted molar refractivity (Wildman–Crippen MR) is 127 cm³/mol. The largest absolute Gasteiger partial charge is 0.493 e. The van der Waals surface area contributed by atoms with E-state index in [1.54, 1.807) is 28.4 Å². The maximum atomic E-state index is 6.24. The predicted octanol–water partition coefficient (Wildman–Crippen LogP) is 4.74. The number of rotatable bonds is 6. The lowest BCUT2D eigenvalue weighted by Gasteiger charge is -2.15. The third-order valence-electron chi connectivity index (χ3n) is 5.06. The molecule has 4 rings (SSSR count).